The van der Waals surface area contributed by atoms with Crippen LogP contribution in [-0.2, 0) is 32.5 Å². The summed E-state index contributed by atoms with van der Waals surface area (Å²) in [4.78, 5) is 22.6. The van der Waals surface area contributed by atoms with Crippen molar-refractivity contribution in [3.8, 4) is 5.75 Å². The standard InChI is InChI=1S/C31H30ClNO6S/c1-23(34)38-39-28-12-16-30(17-13-28)40(36,37)29-14-10-24(11-15-29)18-19-33(21-25-6-3-2-4-7-25)22-31(35)26-8-5-9-27(32)20-26/h2-17,20,31,35H,18-19,21-22H2,1H3/t31-/m0/s1. The molecule has 208 valence electrons. The molecule has 4 aromatic carbocycles. The number of rotatable bonds is 12. The normalized spacial score (nSPS) is 12.2. The predicted octanol–water partition coefficient (Wildman–Crippen LogP) is 5.81. The van der Waals surface area contributed by atoms with Gasteiger partial charge in [-0.3, -0.25) is 14.7 Å². The number of hydrogen-bond donors (Lipinski definition) is 1. The first-order valence-electron chi connectivity index (χ1n) is 12.7. The van der Waals surface area contributed by atoms with Crippen LogP contribution < -0.4 is 4.89 Å². The SMILES string of the molecule is CC(=O)OOc1ccc(S(=O)(=O)c2ccc(CCN(Cc3ccccc3)C[C@H](O)c3cccc(Cl)c3)cc2)cc1. The Kier molecular flexibility index (Phi) is 9.95. The number of carbonyl (C=O) groups excluding carboxylic acids is 1. The van der Waals surface area contributed by atoms with Crippen LogP contribution in [0.25, 0.3) is 0 Å². The van der Waals surface area contributed by atoms with E-state index >= 15 is 0 Å². The van der Waals surface area contributed by atoms with Gasteiger partial charge in [-0.15, -0.1) is 0 Å². The van der Waals surface area contributed by atoms with Gasteiger partial charge in [0.1, 0.15) is 0 Å². The summed E-state index contributed by atoms with van der Waals surface area (Å²) < 4.78 is 26.2. The van der Waals surface area contributed by atoms with Gasteiger partial charge >= 0.3 is 5.97 Å². The Morgan fingerprint density at radius 3 is 2.15 bits per heavy atom. The van der Waals surface area contributed by atoms with Crippen molar-refractivity contribution in [2.24, 2.45) is 0 Å². The van der Waals surface area contributed by atoms with Gasteiger partial charge in [0, 0.05) is 31.6 Å². The molecular weight excluding hydrogens is 550 g/mol. The van der Waals surface area contributed by atoms with Crippen molar-refractivity contribution in [2.45, 2.75) is 35.8 Å². The molecule has 0 unspecified atom stereocenters. The molecule has 0 radical (unpaired) electrons. The molecule has 1 N–H and O–H groups in total. The van der Waals surface area contributed by atoms with Crippen LogP contribution >= 0.6 is 11.6 Å². The van der Waals surface area contributed by atoms with E-state index in [-0.39, 0.29) is 15.5 Å². The number of aliphatic hydroxyl groups excluding tert-OH is 1. The van der Waals surface area contributed by atoms with Crippen LogP contribution in [0.5, 0.6) is 5.75 Å². The van der Waals surface area contributed by atoms with Crippen molar-refractivity contribution >= 4 is 27.4 Å². The Labute approximate surface area is 239 Å². The second kappa shape index (κ2) is 13.6. The first-order valence-corrected chi connectivity index (χ1v) is 14.6. The molecule has 0 saturated carbocycles. The Morgan fingerprint density at radius 1 is 0.875 bits per heavy atom. The molecule has 0 heterocycles. The third-order valence-corrected chi connectivity index (χ3v) is 8.27. The maximum Gasteiger partial charge on any atom is 0.352 e. The molecule has 7 nitrogen and oxygen atoms in total. The van der Waals surface area contributed by atoms with E-state index in [1.165, 1.54) is 31.2 Å². The first kappa shape index (κ1) is 29.3. The highest BCUT2D eigenvalue weighted by Gasteiger charge is 2.19. The van der Waals surface area contributed by atoms with Gasteiger partial charge in [-0.25, -0.2) is 13.2 Å². The van der Waals surface area contributed by atoms with Gasteiger partial charge in [0.25, 0.3) is 0 Å². The number of halogens is 1. The summed E-state index contributed by atoms with van der Waals surface area (Å²) in [7, 11) is -3.74. The Balaban J connectivity index is 1.43. The van der Waals surface area contributed by atoms with Crippen LogP contribution in [0.4, 0.5) is 0 Å². The van der Waals surface area contributed by atoms with E-state index in [1.807, 2.05) is 42.5 Å². The van der Waals surface area contributed by atoms with Crippen molar-refractivity contribution < 1.29 is 28.1 Å². The minimum atomic E-state index is -3.74. The highest BCUT2D eigenvalue weighted by molar-refractivity contribution is 7.91. The average Bonchev–Trinajstić information content (AvgIpc) is 2.96. The Hall–Kier alpha value is -3.69. The van der Waals surface area contributed by atoms with Crippen LogP contribution in [0, 0.1) is 0 Å². The molecule has 0 aliphatic heterocycles. The summed E-state index contributed by atoms with van der Waals surface area (Å²) >= 11 is 6.12. The third kappa shape index (κ3) is 8.16. The van der Waals surface area contributed by atoms with Crippen molar-refractivity contribution in [3.05, 3.63) is 125 Å². The zero-order valence-electron chi connectivity index (χ0n) is 21.9. The number of carbonyl (C=O) groups is 1. The van der Waals surface area contributed by atoms with Gasteiger partial charge in [-0.1, -0.05) is 66.2 Å². The predicted molar refractivity (Wildman–Crippen MR) is 153 cm³/mol. The van der Waals surface area contributed by atoms with E-state index in [2.05, 4.69) is 9.79 Å². The van der Waals surface area contributed by atoms with Crippen molar-refractivity contribution in [1.29, 1.82) is 0 Å². The number of aliphatic hydroxyl groups is 1. The lowest BCUT2D eigenvalue weighted by atomic mass is 10.1. The molecule has 0 amide bonds. The van der Waals surface area contributed by atoms with Crippen LogP contribution in [0.3, 0.4) is 0 Å². The molecule has 9 heteroatoms. The van der Waals surface area contributed by atoms with E-state index in [1.54, 1.807) is 36.4 Å². The van der Waals surface area contributed by atoms with Crippen molar-refractivity contribution in [2.75, 3.05) is 13.1 Å². The maximum atomic E-state index is 13.1. The third-order valence-electron chi connectivity index (χ3n) is 6.25. The first-order chi connectivity index (χ1) is 19.2. The van der Waals surface area contributed by atoms with Gasteiger partial charge in [0.05, 0.1) is 15.9 Å². The van der Waals surface area contributed by atoms with Crippen LogP contribution in [0.2, 0.25) is 5.02 Å². The van der Waals surface area contributed by atoms with E-state index in [0.717, 1.165) is 16.7 Å². The molecule has 4 rings (SSSR count). The molecule has 4 aromatic rings. The maximum absolute atomic E-state index is 13.1. The fraction of sp³-hybridized carbons (Fsp3) is 0.194. The van der Waals surface area contributed by atoms with E-state index < -0.39 is 21.9 Å². The van der Waals surface area contributed by atoms with Gasteiger partial charge in [0.15, 0.2) is 5.75 Å². The van der Waals surface area contributed by atoms with Crippen LogP contribution in [0.15, 0.2) is 113 Å². The number of nitrogens with zero attached hydrogens (tertiary/aromatic N) is 1. The zero-order valence-corrected chi connectivity index (χ0v) is 23.5. The molecule has 0 aliphatic carbocycles. The summed E-state index contributed by atoms with van der Waals surface area (Å²) in [5, 5.41) is 11.5. The van der Waals surface area contributed by atoms with Crippen LogP contribution in [0.1, 0.15) is 29.7 Å². The highest BCUT2D eigenvalue weighted by atomic mass is 35.5. The van der Waals surface area contributed by atoms with E-state index in [9.17, 15) is 18.3 Å². The molecule has 0 aromatic heterocycles. The van der Waals surface area contributed by atoms with Crippen molar-refractivity contribution in [1.82, 2.24) is 4.90 Å². The second-order valence-electron chi connectivity index (χ2n) is 9.32. The lowest BCUT2D eigenvalue weighted by Gasteiger charge is -2.25. The lowest BCUT2D eigenvalue weighted by Crippen LogP contribution is -2.30. The molecule has 0 aliphatic rings. The topological polar surface area (TPSA) is 93.1 Å². The molecule has 0 spiro atoms. The fourth-order valence-corrected chi connectivity index (χ4v) is 5.64. The van der Waals surface area contributed by atoms with E-state index in [4.69, 9.17) is 16.5 Å². The van der Waals surface area contributed by atoms with Crippen LogP contribution in [-0.4, -0.2) is 37.5 Å². The van der Waals surface area contributed by atoms with Crippen molar-refractivity contribution in [3.63, 3.8) is 0 Å². The van der Waals surface area contributed by atoms with E-state index in [0.29, 0.717) is 31.1 Å². The summed E-state index contributed by atoms with van der Waals surface area (Å²) in [5.41, 5.74) is 2.86. The Bertz CT molecular complexity index is 1510. The monoisotopic (exact) mass is 579 g/mol. The molecular formula is C31H30ClNO6S. The summed E-state index contributed by atoms with van der Waals surface area (Å²) in [5.74, 6) is -0.401. The quantitative estimate of drug-likeness (QED) is 0.167. The second-order valence-corrected chi connectivity index (χ2v) is 11.7. The average molecular weight is 580 g/mol. The van der Waals surface area contributed by atoms with Gasteiger partial charge in [-0.05, 0) is 71.6 Å². The summed E-state index contributed by atoms with van der Waals surface area (Å²) in [6, 6.07) is 29.7. The minimum absolute atomic E-state index is 0.0967. The molecule has 1 atom stereocenters. The largest absolute Gasteiger partial charge is 0.387 e. The molecule has 0 fully saturated rings. The lowest BCUT2D eigenvalue weighted by molar-refractivity contribution is -0.210. The number of benzene rings is 4. The van der Waals surface area contributed by atoms with Gasteiger partial charge in [0.2, 0.25) is 9.84 Å². The fourth-order valence-electron chi connectivity index (χ4n) is 4.18. The smallest absolute Gasteiger partial charge is 0.352 e. The summed E-state index contributed by atoms with van der Waals surface area (Å²) in [6.07, 6.45) is -0.0433. The zero-order chi connectivity index (χ0) is 28.5. The minimum Gasteiger partial charge on any atom is -0.387 e. The summed E-state index contributed by atoms with van der Waals surface area (Å²) in [6.45, 7) is 2.93. The van der Waals surface area contributed by atoms with Gasteiger partial charge < -0.3 is 5.11 Å². The molecule has 0 bridgehead atoms. The molecule has 40 heavy (non-hydrogen) atoms. The number of sulfone groups is 1. The highest BCUT2D eigenvalue weighted by Crippen LogP contribution is 2.24. The van der Waals surface area contributed by atoms with Gasteiger partial charge in [-0.2, -0.15) is 0 Å². The Morgan fingerprint density at radius 2 is 1.52 bits per heavy atom. The molecule has 0 saturated heterocycles. The number of hydrogen-bond acceptors (Lipinski definition) is 7.